The molecule has 0 aromatic carbocycles. The molecule has 7 N–H and O–H groups in total. The fourth-order valence-electron chi connectivity index (χ4n) is 5.72. The third kappa shape index (κ3) is 7.36. The summed E-state index contributed by atoms with van der Waals surface area (Å²) in [6, 6.07) is -0.398. The van der Waals surface area contributed by atoms with E-state index in [1.807, 2.05) is 26.8 Å². The summed E-state index contributed by atoms with van der Waals surface area (Å²) in [5, 5.41) is 36.6. The Balaban J connectivity index is 0.00000271. The Morgan fingerprint density at radius 2 is 1.42 bits per heavy atom. The topological polar surface area (TPSA) is 201 Å². The normalized spacial score (nSPS) is 19.6. The lowest BCUT2D eigenvalue weighted by Crippen LogP contribution is -2.16. The van der Waals surface area contributed by atoms with Gasteiger partial charge in [-0.05, 0) is 80.5 Å². The number of H-pyrrole nitrogens is 1. The molecule has 3 aliphatic rings. The number of hydrogen-bond acceptors (Lipinski definition) is 7. The number of carboxylic acid groups (broad SMARTS) is 2. The molecule has 0 aliphatic carbocycles. The van der Waals surface area contributed by atoms with Crippen molar-refractivity contribution in [2.45, 2.75) is 65.8 Å². The van der Waals surface area contributed by atoms with E-state index in [9.17, 15) is 29.4 Å². The van der Waals surface area contributed by atoms with E-state index in [0.29, 0.717) is 46.7 Å². The van der Waals surface area contributed by atoms with Gasteiger partial charge in [0.15, 0.2) is 0 Å². The maximum atomic E-state index is 12.3. The van der Waals surface area contributed by atoms with Crippen molar-refractivity contribution in [1.82, 2.24) is 15.6 Å². The van der Waals surface area contributed by atoms with Crippen LogP contribution in [0.5, 0.6) is 0 Å². The Morgan fingerprint density at radius 1 is 0.822 bits per heavy atom. The van der Waals surface area contributed by atoms with Crippen molar-refractivity contribution in [2.24, 2.45) is 4.99 Å². The number of nitrogens with one attached hydrogen (secondary N) is 3. The van der Waals surface area contributed by atoms with Crippen molar-refractivity contribution in [1.29, 1.82) is 0 Å². The highest BCUT2D eigenvalue weighted by Crippen LogP contribution is 2.33. The van der Waals surface area contributed by atoms with E-state index < -0.39 is 18.0 Å². The summed E-state index contributed by atoms with van der Waals surface area (Å²) in [7, 11) is 0. The second kappa shape index (κ2) is 14.6. The average molecular weight is 619 g/mol. The highest BCUT2D eigenvalue weighted by molar-refractivity contribution is 6.13. The number of carboxylic acids is 2. The second-order valence-electron chi connectivity index (χ2n) is 10.8. The average Bonchev–Trinajstić information content (AvgIpc) is 3.64. The fraction of sp³-hybridized carbons (Fsp3) is 0.303. The first-order chi connectivity index (χ1) is 21.4. The summed E-state index contributed by atoms with van der Waals surface area (Å²) >= 11 is 0. The van der Waals surface area contributed by atoms with Crippen LogP contribution in [0.2, 0.25) is 0 Å². The van der Waals surface area contributed by atoms with Crippen LogP contribution in [0.3, 0.4) is 0 Å². The summed E-state index contributed by atoms with van der Waals surface area (Å²) in [6.45, 7) is 14.9. The lowest BCUT2D eigenvalue weighted by molar-refractivity contribution is -0.176. The minimum absolute atomic E-state index is 0.0679. The van der Waals surface area contributed by atoms with Gasteiger partial charge in [-0.15, -0.1) is 0 Å². The van der Waals surface area contributed by atoms with Crippen molar-refractivity contribution in [3.63, 3.8) is 0 Å². The molecule has 1 unspecified atom stereocenters. The van der Waals surface area contributed by atoms with E-state index in [1.54, 1.807) is 19.1 Å². The highest BCUT2D eigenvalue weighted by atomic mass is 17.0. The summed E-state index contributed by atoms with van der Waals surface area (Å²) in [4.78, 5) is 56.0. The molecule has 2 amide bonds. The van der Waals surface area contributed by atoms with Crippen molar-refractivity contribution < 1.29 is 39.9 Å². The molecule has 1 aromatic rings. The van der Waals surface area contributed by atoms with Gasteiger partial charge in [0.1, 0.15) is 0 Å². The molecule has 45 heavy (non-hydrogen) atoms. The van der Waals surface area contributed by atoms with Gasteiger partial charge in [0.25, 0.3) is 11.8 Å². The van der Waals surface area contributed by atoms with Gasteiger partial charge >= 0.3 is 11.9 Å². The van der Waals surface area contributed by atoms with E-state index >= 15 is 0 Å². The van der Waals surface area contributed by atoms with Crippen molar-refractivity contribution in [3.8, 4) is 0 Å². The number of carbonyl (C=O) groups is 4. The Bertz CT molecular complexity index is 1660. The van der Waals surface area contributed by atoms with Crippen LogP contribution in [0.1, 0.15) is 62.5 Å². The lowest BCUT2D eigenvalue weighted by Gasteiger charge is -2.14. The minimum atomic E-state index is -0.923. The zero-order valence-corrected chi connectivity index (χ0v) is 25.7. The number of rotatable bonds is 12. The van der Waals surface area contributed by atoms with Crippen LogP contribution in [0.15, 0.2) is 81.2 Å². The Kier molecular flexibility index (Phi) is 11.2. The molecule has 4 rings (SSSR count). The van der Waals surface area contributed by atoms with Crippen molar-refractivity contribution in [2.75, 3.05) is 0 Å². The molecule has 12 nitrogen and oxygen atoms in total. The number of aliphatic carboxylic acids is 2. The van der Waals surface area contributed by atoms with Crippen LogP contribution < -0.4 is 10.6 Å². The van der Waals surface area contributed by atoms with Crippen LogP contribution in [0, 0.1) is 6.92 Å². The maximum Gasteiger partial charge on any atom is 0.303 e. The number of aromatic nitrogens is 1. The standard InChI is InChI=1S/C33H36N4O6.H2O2/c1-7-20-19(6)32(42)37-27(20)14-25-18(5)23(10-12-31(40)41)29(35-25)15-28-22(9-11-30(38)39)17(4)24(34-28)13-26-16(3)21(8-2)33(43)36-26;1-2/h7-8,13-14,28,35H,1-2,9-12,15H2,3-6H3,(H,36,43)(H,37,42)(H,38,39)(H,40,41);1-2H. The first-order valence-corrected chi connectivity index (χ1v) is 14.2. The van der Waals surface area contributed by atoms with Crippen LogP contribution in [-0.4, -0.2) is 61.2 Å². The molecule has 0 fully saturated rings. The molecule has 0 saturated carbocycles. The molecular formula is C33H38N4O8. The smallest absolute Gasteiger partial charge is 0.303 e. The summed E-state index contributed by atoms with van der Waals surface area (Å²) in [5.74, 6) is -2.29. The molecule has 4 heterocycles. The number of amides is 2. The van der Waals surface area contributed by atoms with Gasteiger partial charge in [-0.3, -0.25) is 34.7 Å². The van der Waals surface area contributed by atoms with Crippen LogP contribution >= 0.6 is 0 Å². The molecule has 0 spiro atoms. The molecule has 1 atom stereocenters. The third-order valence-electron chi connectivity index (χ3n) is 8.23. The zero-order valence-electron chi connectivity index (χ0n) is 25.7. The van der Waals surface area contributed by atoms with E-state index in [0.717, 1.165) is 39.2 Å². The molecule has 0 saturated heterocycles. The minimum Gasteiger partial charge on any atom is -0.481 e. The van der Waals surface area contributed by atoms with Crippen molar-refractivity contribution in [3.05, 3.63) is 98.7 Å². The number of aliphatic imine (C=N–C) groups is 1. The first-order valence-electron chi connectivity index (χ1n) is 14.2. The van der Waals surface area contributed by atoms with Crippen LogP contribution in [0.4, 0.5) is 0 Å². The predicted octanol–water partition coefficient (Wildman–Crippen LogP) is 4.39. The summed E-state index contributed by atoms with van der Waals surface area (Å²) in [6.07, 6.45) is 7.58. The van der Waals surface area contributed by atoms with Crippen LogP contribution in [-0.2, 0) is 32.0 Å². The van der Waals surface area contributed by atoms with Gasteiger partial charge in [0.05, 0.1) is 17.5 Å². The van der Waals surface area contributed by atoms with Gasteiger partial charge in [-0.1, -0.05) is 25.3 Å². The molecule has 238 valence electrons. The van der Waals surface area contributed by atoms with E-state index in [1.165, 1.54) is 6.08 Å². The van der Waals surface area contributed by atoms with Gasteiger partial charge in [-0.2, -0.15) is 0 Å². The summed E-state index contributed by atoms with van der Waals surface area (Å²) < 4.78 is 0. The highest BCUT2D eigenvalue weighted by Gasteiger charge is 2.30. The molecule has 0 bridgehead atoms. The van der Waals surface area contributed by atoms with Gasteiger partial charge < -0.3 is 25.8 Å². The molecular weight excluding hydrogens is 580 g/mol. The van der Waals surface area contributed by atoms with Gasteiger partial charge in [-0.25, -0.2) is 0 Å². The SMILES string of the molecule is C=CC1=C(C)C(=CC2=NC(Cc3[nH]c(C=C4NC(=O)C(C)=C4C=C)c(C)c3CCC(=O)O)C(CCC(=O)O)=C2C)NC1=O.OO. The third-order valence-corrected chi connectivity index (χ3v) is 8.23. The van der Waals surface area contributed by atoms with E-state index in [-0.39, 0.29) is 31.1 Å². The zero-order chi connectivity index (χ0) is 33.6. The Labute approximate surface area is 260 Å². The van der Waals surface area contributed by atoms with E-state index in [4.69, 9.17) is 15.5 Å². The number of hydrogen-bond donors (Lipinski definition) is 7. The quantitative estimate of drug-likeness (QED) is 0.132. The Morgan fingerprint density at radius 3 is 2.00 bits per heavy atom. The molecule has 0 radical (unpaired) electrons. The largest absolute Gasteiger partial charge is 0.481 e. The van der Waals surface area contributed by atoms with E-state index in [2.05, 4.69) is 28.8 Å². The molecule has 3 aliphatic heterocycles. The number of nitrogens with zero attached hydrogens (tertiary/aromatic N) is 1. The monoisotopic (exact) mass is 618 g/mol. The van der Waals surface area contributed by atoms with Crippen LogP contribution in [0.25, 0.3) is 6.08 Å². The second-order valence-corrected chi connectivity index (χ2v) is 10.8. The number of allylic oxidation sites excluding steroid dienone is 4. The Hall–Kier alpha value is -5.07. The predicted molar refractivity (Wildman–Crippen MR) is 169 cm³/mol. The number of aromatic amines is 1. The summed E-state index contributed by atoms with van der Waals surface area (Å²) in [5.41, 5.74) is 9.29. The fourth-order valence-corrected chi connectivity index (χ4v) is 5.72. The van der Waals surface area contributed by atoms with Gasteiger partial charge in [0.2, 0.25) is 0 Å². The van der Waals surface area contributed by atoms with Gasteiger partial charge in [0, 0.05) is 53.1 Å². The first kappa shape index (κ1) is 34.4. The van der Waals surface area contributed by atoms with Crippen molar-refractivity contribution >= 4 is 35.5 Å². The molecule has 1 aromatic heterocycles. The lowest BCUT2D eigenvalue weighted by atomic mass is 9.93. The molecule has 12 heteroatoms. The maximum absolute atomic E-state index is 12.3. The number of carbonyl (C=O) groups excluding carboxylic acids is 2.